The van der Waals surface area contributed by atoms with Crippen LogP contribution in [0.5, 0.6) is 0 Å². The number of ether oxygens (including phenoxy) is 1. The highest BCUT2D eigenvalue weighted by Gasteiger charge is 2.28. The molecule has 4 aliphatic rings. The summed E-state index contributed by atoms with van der Waals surface area (Å²) in [6.07, 6.45) is 10.3. The number of carbonyl (C=O) groups excluding carboxylic acids is 2. The molecule has 5 rings (SSSR count). The van der Waals surface area contributed by atoms with Gasteiger partial charge in [-0.15, -0.1) is 0 Å². The maximum Gasteiger partial charge on any atom is 0.305 e. The van der Waals surface area contributed by atoms with Crippen LogP contribution in [0.4, 0.5) is 0 Å². The molecule has 8 bridgehead atoms. The number of Topliss-reactive ketones (excluding diaryl/α,β-unsaturated/α-hetero) is 1. The number of aromatic amines is 1. The van der Waals surface area contributed by atoms with Gasteiger partial charge in [-0.05, 0) is 112 Å². The largest absolute Gasteiger partial charge is 0.512 e. The first kappa shape index (κ1) is 29.9. The first-order valence-electron chi connectivity index (χ1n) is 14.7. The van der Waals surface area contributed by atoms with Gasteiger partial charge in [0.25, 0.3) is 0 Å². The Balaban J connectivity index is 1.85. The molecule has 0 unspecified atom stereocenters. The minimum Gasteiger partial charge on any atom is -0.512 e. The molecule has 0 fully saturated rings. The summed E-state index contributed by atoms with van der Waals surface area (Å²) < 4.78 is 4.93. The van der Waals surface area contributed by atoms with Gasteiger partial charge in [0, 0.05) is 22.9 Å². The van der Waals surface area contributed by atoms with E-state index < -0.39 is 0 Å². The van der Waals surface area contributed by atoms with Gasteiger partial charge in [0.1, 0.15) is 0 Å². The van der Waals surface area contributed by atoms with Crippen molar-refractivity contribution in [2.75, 3.05) is 7.11 Å². The lowest BCUT2D eigenvalue weighted by Gasteiger charge is -2.07. The summed E-state index contributed by atoms with van der Waals surface area (Å²) in [7, 11) is 1.39. The molecule has 0 aromatic carbocycles. The van der Waals surface area contributed by atoms with Crippen LogP contribution in [0.15, 0.2) is 77.7 Å². The van der Waals surface area contributed by atoms with Crippen LogP contribution in [0.1, 0.15) is 78.5 Å². The monoisotopic (exact) mass is 578 g/mol. The van der Waals surface area contributed by atoms with Gasteiger partial charge in [0.05, 0.1) is 52.4 Å². The number of hydrogen-bond donors (Lipinski definition) is 2. The average molecular weight is 579 g/mol. The number of H-pyrrole nitrogens is 1. The minimum atomic E-state index is -0.282. The van der Waals surface area contributed by atoms with Crippen molar-refractivity contribution in [3.05, 3.63) is 84.5 Å². The highest BCUT2D eigenvalue weighted by Crippen LogP contribution is 2.36. The number of methoxy groups -OCH3 is 1. The third-order valence-electron chi connectivity index (χ3n) is 8.48. The number of aliphatic hydroxyl groups excluding tert-OH is 1. The van der Waals surface area contributed by atoms with Crippen molar-refractivity contribution >= 4 is 46.8 Å². The SMILES string of the molecule is CCCC1=C(C)C2=CC3=NC(=Cc4[nH]c(c(=C(C)O)c4C)=CC4=NC(=CC1=N2)C(CCC(=O)OC)=C4C)C(C(C)=O)=C3C. The first-order chi connectivity index (χ1) is 20.4. The highest BCUT2D eigenvalue weighted by molar-refractivity contribution is 6.24. The van der Waals surface area contributed by atoms with Crippen LogP contribution >= 0.6 is 0 Å². The van der Waals surface area contributed by atoms with Crippen LogP contribution in [0.25, 0.3) is 17.9 Å². The van der Waals surface area contributed by atoms with E-state index in [1.54, 1.807) is 13.8 Å². The van der Waals surface area contributed by atoms with Crippen LogP contribution in [-0.4, -0.2) is 46.1 Å². The molecule has 1 aromatic heterocycles. The molecule has 0 saturated heterocycles. The number of fused-ring (bicyclic) bond motifs is 5. The number of aliphatic hydroxyl groups is 1. The molecular weight excluding hydrogens is 540 g/mol. The van der Waals surface area contributed by atoms with E-state index in [0.717, 1.165) is 74.8 Å². The molecule has 222 valence electrons. The standard InChI is InChI=1S/C35H38N4O4/c1-9-10-23-17(2)25-13-27-19(4)34(21(6)40)32(38-27)15-28-20(5)35(22(7)41)31(39-28)14-26-18(3)24(11-12-33(42)43-8)30(37-26)16-29(23)36-25/h13-16,39,41H,9-12H2,1-8H3. The average Bonchev–Trinajstić information content (AvgIpc) is 3.61. The summed E-state index contributed by atoms with van der Waals surface area (Å²) in [5.41, 5.74) is 11.5. The van der Waals surface area contributed by atoms with E-state index >= 15 is 0 Å². The van der Waals surface area contributed by atoms with Crippen molar-refractivity contribution in [3.63, 3.8) is 0 Å². The van der Waals surface area contributed by atoms with E-state index in [4.69, 9.17) is 19.7 Å². The van der Waals surface area contributed by atoms with Gasteiger partial charge in [0.2, 0.25) is 0 Å². The van der Waals surface area contributed by atoms with E-state index in [9.17, 15) is 14.7 Å². The number of nitrogens with zero attached hydrogens (tertiary/aromatic N) is 3. The lowest BCUT2D eigenvalue weighted by molar-refractivity contribution is -0.140. The zero-order valence-electron chi connectivity index (χ0n) is 26.2. The highest BCUT2D eigenvalue weighted by atomic mass is 16.5. The molecule has 0 amide bonds. The molecule has 43 heavy (non-hydrogen) atoms. The Morgan fingerprint density at radius 3 is 2.12 bits per heavy atom. The third kappa shape index (κ3) is 5.38. The lowest BCUT2D eigenvalue weighted by atomic mass is 9.96. The number of ketones is 1. The van der Waals surface area contributed by atoms with Crippen LogP contribution in [0.3, 0.4) is 0 Å². The van der Waals surface area contributed by atoms with E-state index in [-0.39, 0.29) is 23.9 Å². The molecule has 4 aliphatic heterocycles. The molecule has 5 heterocycles. The predicted molar refractivity (Wildman–Crippen MR) is 172 cm³/mol. The third-order valence-corrected chi connectivity index (χ3v) is 8.48. The maximum absolute atomic E-state index is 12.8. The second-order valence-corrected chi connectivity index (χ2v) is 11.4. The van der Waals surface area contributed by atoms with Gasteiger partial charge in [-0.1, -0.05) is 13.3 Å². The Morgan fingerprint density at radius 1 is 0.814 bits per heavy atom. The molecular formula is C35H38N4O4. The van der Waals surface area contributed by atoms with Gasteiger partial charge >= 0.3 is 5.97 Å². The van der Waals surface area contributed by atoms with Crippen molar-refractivity contribution in [2.24, 2.45) is 15.0 Å². The number of nitrogens with one attached hydrogen (secondary N) is 1. The number of esters is 1. The van der Waals surface area contributed by atoms with Gasteiger partial charge in [-0.25, -0.2) is 15.0 Å². The summed E-state index contributed by atoms with van der Waals surface area (Å²) in [6, 6.07) is 0. The van der Waals surface area contributed by atoms with Crippen molar-refractivity contribution in [1.29, 1.82) is 0 Å². The summed E-state index contributed by atoms with van der Waals surface area (Å²) >= 11 is 0. The quantitative estimate of drug-likeness (QED) is 0.430. The van der Waals surface area contributed by atoms with E-state index in [1.807, 2.05) is 45.1 Å². The van der Waals surface area contributed by atoms with Gasteiger partial charge in [-0.3, -0.25) is 9.59 Å². The second kappa shape index (κ2) is 11.6. The fourth-order valence-electron chi connectivity index (χ4n) is 6.15. The van der Waals surface area contributed by atoms with Crippen LogP contribution < -0.4 is 10.6 Å². The fourth-order valence-corrected chi connectivity index (χ4v) is 6.15. The van der Waals surface area contributed by atoms with E-state index in [2.05, 4.69) is 18.8 Å². The number of hydrogen-bond acceptors (Lipinski definition) is 7. The predicted octanol–water partition coefficient (Wildman–Crippen LogP) is 5.57. The van der Waals surface area contributed by atoms with E-state index in [0.29, 0.717) is 34.0 Å². The van der Waals surface area contributed by atoms with Crippen molar-refractivity contribution in [2.45, 2.75) is 74.1 Å². The van der Waals surface area contributed by atoms with Gasteiger partial charge in [-0.2, -0.15) is 0 Å². The Hall–Kier alpha value is -4.59. The van der Waals surface area contributed by atoms with Crippen molar-refractivity contribution in [3.8, 4) is 0 Å². The number of rotatable bonds is 6. The fraction of sp³-hybridized carbons (Fsp3) is 0.343. The minimum absolute atomic E-state index is 0.0638. The number of aromatic nitrogens is 1. The first-order valence-corrected chi connectivity index (χ1v) is 14.7. The van der Waals surface area contributed by atoms with E-state index in [1.165, 1.54) is 7.11 Å². The molecule has 0 spiro atoms. The molecule has 2 N–H and O–H groups in total. The molecule has 8 heteroatoms. The maximum atomic E-state index is 12.8. The Kier molecular flexibility index (Phi) is 8.06. The Morgan fingerprint density at radius 2 is 1.47 bits per heavy atom. The van der Waals surface area contributed by atoms with Crippen molar-refractivity contribution < 1.29 is 19.4 Å². The van der Waals surface area contributed by atoms with Crippen LogP contribution in [-0.2, 0) is 14.3 Å². The van der Waals surface area contributed by atoms with Crippen LogP contribution in [0.2, 0.25) is 0 Å². The van der Waals surface area contributed by atoms with Gasteiger partial charge in [0.15, 0.2) is 5.78 Å². The lowest BCUT2D eigenvalue weighted by Crippen LogP contribution is -2.27. The zero-order chi connectivity index (χ0) is 31.2. The molecule has 8 nitrogen and oxygen atoms in total. The second-order valence-electron chi connectivity index (χ2n) is 11.4. The van der Waals surface area contributed by atoms with Gasteiger partial charge < -0.3 is 14.8 Å². The summed E-state index contributed by atoms with van der Waals surface area (Å²) in [5.74, 6) is -0.179. The summed E-state index contributed by atoms with van der Waals surface area (Å²) in [5, 5.41) is 12.1. The number of carbonyl (C=O) groups is 2. The zero-order valence-corrected chi connectivity index (χ0v) is 26.2. The normalized spacial score (nSPS) is 18.6. The smallest absolute Gasteiger partial charge is 0.305 e. The molecule has 1 aromatic rings. The molecule has 0 atom stereocenters. The Labute approximate surface area is 251 Å². The Bertz CT molecular complexity index is 1890. The number of aliphatic imine (C=N–C) groups is 3. The molecule has 0 saturated carbocycles. The van der Waals surface area contributed by atoms with Crippen LogP contribution in [0, 0.1) is 6.92 Å². The summed E-state index contributed by atoms with van der Waals surface area (Å²) in [6.45, 7) is 13.3. The molecule has 0 aliphatic carbocycles. The summed E-state index contributed by atoms with van der Waals surface area (Å²) in [4.78, 5) is 43.4. The van der Waals surface area contributed by atoms with Crippen molar-refractivity contribution in [1.82, 2.24) is 4.98 Å². The number of allylic oxidation sites excluding steroid dienone is 8. The topological polar surface area (TPSA) is 116 Å². The molecule has 0 radical (unpaired) electrons.